The van der Waals surface area contributed by atoms with Crippen molar-refractivity contribution < 1.29 is 28.8 Å². The molecule has 4 aromatic rings. The van der Waals surface area contributed by atoms with Gasteiger partial charge in [-0.2, -0.15) is 0 Å². The number of aryl methyl sites for hydroxylation is 3. The molecule has 2 aromatic heterocycles. The molecule has 0 amide bonds. The first-order valence-corrected chi connectivity index (χ1v) is 18.7. The number of hydrogen-bond acceptors (Lipinski definition) is 9. The quantitative estimate of drug-likeness (QED) is 0.123. The number of rotatable bonds is 16. The molecule has 0 spiro atoms. The van der Waals surface area contributed by atoms with Gasteiger partial charge in [-0.3, -0.25) is 14.8 Å². The van der Waals surface area contributed by atoms with Crippen molar-refractivity contribution >= 4 is 5.97 Å². The van der Waals surface area contributed by atoms with Crippen LogP contribution in [0.15, 0.2) is 60.9 Å². The average Bonchev–Trinajstić information content (AvgIpc) is 3.40. The van der Waals surface area contributed by atoms with Crippen LogP contribution in [0.4, 0.5) is 0 Å². The van der Waals surface area contributed by atoms with E-state index in [0.717, 1.165) is 106 Å². The lowest BCUT2D eigenvalue weighted by atomic mass is 9.97. The van der Waals surface area contributed by atoms with Crippen molar-refractivity contribution in [1.82, 2.24) is 19.8 Å². The van der Waals surface area contributed by atoms with E-state index in [1.807, 2.05) is 24.5 Å². The Labute approximate surface area is 316 Å². The van der Waals surface area contributed by atoms with Crippen LogP contribution in [0, 0.1) is 6.92 Å². The second kappa shape index (κ2) is 21.1. The van der Waals surface area contributed by atoms with Gasteiger partial charge < -0.3 is 33.9 Å². The normalized spacial score (nSPS) is 13.4. The van der Waals surface area contributed by atoms with E-state index in [1.165, 1.54) is 35.2 Å². The van der Waals surface area contributed by atoms with Crippen LogP contribution in [0.3, 0.4) is 0 Å². The number of aliphatic carboxylic acids is 1. The summed E-state index contributed by atoms with van der Waals surface area (Å²) in [5, 5.41) is 7.42. The number of carboxylic acids is 1. The van der Waals surface area contributed by atoms with Crippen LogP contribution in [-0.4, -0.2) is 98.6 Å². The van der Waals surface area contributed by atoms with Crippen molar-refractivity contribution in [1.29, 1.82) is 0 Å². The maximum atomic E-state index is 9.00. The molecule has 0 radical (unpaired) electrons. The van der Waals surface area contributed by atoms with E-state index in [0.29, 0.717) is 17.2 Å². The molecular weight excluding hydrogens is 668 g/mol. The molecule has 10 heteroatoms. The maximum Gasteiger partial charge on any atom is 0.300 e. The Hall–Kier alpha value is -4.67. The molecule has 0 bridgehead atoms. The predicted octanol–water partition coefficient (Wildman–Crippen LogP) is 7.77. The zero-order valence-electron chi connectivity index (χ0n) is 32.7. The Balaban J connectivity index is 0.00000149. The van der Waals surface area contributed by atoms with Crippen LogP contribution in [0.5, 0.6) is 23.0 Å². The van der Waals surface area contributed by atoms with Gasteiger partial charge in [0.1, 0.15) is 5.75 Å². The van der Waals surface area contributed by atoms with Crippen LogP contribution >= 0.6 is 0 Å². The third-order valence-electron chi connectivity index (χ3n) is 9.67. The second-order valence-corrected chi connectivity index (χ2v) is 13.5. The summed E-state index contributed by atoms with van der Waals surface area (Å²) in [6, 6.07) is 17.1. The molecule has 286 valence electrons. The first kappa shape index (κ1) is 41.1. The number of benzene rings is 2. The number of methoxy groups -OCH3 is 4. The molecule has 0 aliphatic carbocycles. The molecule has 0 atom stereocenters. The Bertz CT molecular complexity index is 1730. The van der Waals surface area contributed by atoms with Crippen molar-refractivity contribution in [2.24, 2.45) is 0 Å². The van der Waals surface area contributed by atoms with Crippen LogP contribution in [-0.2, 0) is 24.1 Å². The zero-order valence-corrected chi connectivity index (χ0v) is 32.7. The summed E-state index contributed by atoms with van der Waals surface area (Å²) in [6.45, 7) is 12.3. The van der Waals surface area contributed by atoms with Crippen molar-refractivity contribution in [3.8, 4) is 45.5 Å². The first-order chi connectivity index (χ1) is 25.7. The van der Waals surface area contributed by atoms with E-state index in [4.69, 9.17) is 33.8 Å². The highest BCUT2D eigenvalue weighted by Gasteiger charge is 2.17. The average molecular weight is 727 g/mol. The van der Waals surface area contributed by atoms with E-state index < -0.39 is 5.97 Å². The van der Waals surface area contributed by atoms with E-state index in [9.17, 15) is 0 Å². The van der Waals surface area contributed by atoms with E-state index in [2.05, 4.69) is 65.0 Å². The molecule has 0 unspecified atom stereocenters. The Kier molecular flexibility index (Phi) is 16.4. The molecule has 3 heterocycles. The molecule has 5 rings (SSSR count). The minimum absolute atomic E-state index is 0.588. The fraction of sp³-hybridized carbons (Fsp3) is 0.465. The first-order valence-electron chi connectivity index (χ1n) is 18.7. The van der Waals surface area contributed by atoms with Gasteiger partial charge in [-0.15, -0.1) is 0 Å². The Morgan fingerprint density at radius 2 is 1.17 bits per heavy atom. The van der Waals surface area contributed by atoms with E-state index in [1.54, 1.807) is 28.4 Å². The summed E-state index contributed by atoms with van der Waals surface area (Å²) < 4.78 is 22.3. The summed E-state index contributed by atoms with van der Waals surface area (Å²) in [5.74, 6) is 1.96. The van der Waals surface area contributed by atoms with Gasteiger partial charge in [0.05, 0.1) is 39.8 Å². The summed E-state index contributed by atoms with van der Waals surface area (Å²) in [6.07, 6.45) is 11.6. The largest absolute Gasteiger partial charge is 0.496 e. The SMILES string of the molecule is CC(=O)O.CCCc1cc(-c2cc(CCCN3CCCN(CCCc4ccnc(-c5cc(OC)c(OC)c(OC)c5)c4)CC3)ccn2)cc(OC)c1C. The number of carboxylic acid groups (broad SMARTS) is 1. The molecule has 1 aliphatic heterocycles. The standard InChI is InChI=1S/C41H54N4O4.C2H4O2/c1-7-11-33-26-34(27-38(46-3)30(33)2)36-24-31(14-16-42-36)12-8-18-44-20-10-21-45(23-22-44)19-9-13-32-15-17-43-37(25-32)35-28-39(47-4)41(49-6)40(29-35)48-5;1-2(3)4/h14-17,24-29H,7-13,18-23H2,1-6H3;1H3,(H,3,4). The molecule has 1 fully saturated rings. The summed E-state index contributed by atoms with van der Waals surface area (Å²) in [4.78, 5) is 23.7. The number of hydrogen-bond donors (Lipinski definition) is 1. The van der Waals surface area contributed by atoms with Gasteiger partial charge in [0, 0.05) is 43.5 Å². The van der Waals surface area contributed by atoms with Gasteiger partial charge in [0.25, 0.3) is 5.97 Å². The smallest absolute Gasteiger partial charge is 0.300 e. The highest BCUT2D eigenvalue weighted by atomic mass is 16.5. The van der Waals surface area contributed by atoms with Gasteiger partial charge in [-0.1, -0.05) is 13.3 Å². The second-order valence-electron chi connectivity index (χ2n) is 13.5. The molecule has 10 nitrogen and oxygen atoms in total. The fourth-order valence-electron chi connectivity index (χ4n) is 6.92. The lowest BCUT2D eigenvalue weighted by Crippen LogP contribution is -2.32. The third kappa shape index (κ3) is 12.2. The maximum absolute atomic E-state index is 9.00. The topological polar surface area (TPSA) is 106 Å². The molecule has 0 saturated carbocycles. The third-order valence-corrected chi connectivity index (χ3v) is 9.67. The van der Waals surface area contributed by atoms with Crippen LogP contribution in [0.25, 0.3) is 22.5 Å². The molecule has 1 aliphatic rings. The molecule has 1 saturated heterocycles. The zero-order chi connectivity index (χ0) is 38.2. The van der Waals surface area contributed by atoms with Crippen LogP contribution < -0.4 is 18.9 Å². The number of aromatic nitrogens is 2. The molecule has 2 aromatic carbocycles. The van der Waals surface area contributed by atoms with Gasteiger partial charge in [-0.25, -0.2) is 0 Å². The van der Waals surface area contributed by atoms with Crippen LogP contribution in [0.1, 0.15) is 61.8 Å². The summed E-state index contributed by atoms with van der Waals surface area (Å²) >= 11 is 0. The minimum Gasteiger partial charge on any atom is -0.496 e. The monoisotopic (exact) mass is 726 g/mol. The number of ether oxygens (including phenoxy) is 4. The number of nitrogens with zero attached hydrogens (tertiary/aromatic N) is 4. The fourth-order valence-corrected chi connectivity index (χ4v) is 6.92. The van der Waals surface area contributed by atoms with Crippen molar-refractivity contribution in [2.75, 3.05) is 67.7 Å². The highest BCUT2D eigenvalue weighted by molar-refractivity contribution is 5.69. The Morgan fingerprint density at radius 1 is 0.698 bits per heavy atom. The lowest BCUT2D eigenvalue weighted by Gasteiger charge is -2.22. The number of pyridine rings is 2. The van der Waals surface area contributed by atoms with Gasteiger partial charge >= 0.3 is 0 Å². The summed E-state index contributed by atoms with van der Waals surface area (Å²) in [7, 11) is 6.65. The van der Waals surface area contributed by atoms with E-state index >= 15 is 0 Å². The van der Waals surface area contributed by atoms with Gasteiger partial charge in [-0.05, 0) is 142 Å². The summed E-state index contributed by atoms with van der Waals surface area (Å²) in [5.41, 5.74) is 9.24. The Morgan fingerprint density at radius 3 is 1.62 bits per heavy atom. The highest BCUT2D eigenvalue weighted by Crippen LogP contribution is 2.41. The lowest BCUT2D eigenvalue weighted by molar-refractivity contribution is -0.134. The van der Waals surface area contributed by atoms with E-state index in [-0.39, 0.29) is 0 Å². The number of carbonyl (C=O) groups is 1. The molecular formula is C43H58N4O6. The van der Waals surface area contributed by atoms with Gasteiger partial charge in [0.15, 0.2) is 11.5 Å². The minimum atomic E-state index is -0.833. The molecule has 53 heavy (non-hydrogen) atoms. The van der Waals surface area contributed by atoms with Crippen molar-refractivity contribution in [3.63, 3.8) is 0 Å². The van der Waals surface area contributed by atoms with Crippen molar-refractivity contribution in [3.05, 3.63) is 83.2 Å². The van der Waals surface area contributed by atoms with Crippen molar-refractivity contribution in [2.45, 2.75) is 65.7 Å². The predicted molar refractivity (Wildman–Crippen MR) is 212 cm³/mol. The van der Waals surface area contributed by atoms with Gasteiger partial charge in [0.2, 0.25) is 5.75 Å². The van der Waals surface area contributed by atoms with Crippen LogP contribution in [0.2, 0.25) is 0 Å². The molecule has 1 N–H and O–H groups in total.